The van der Waals surface area contributed by atoms with Gasteiger partial charge in [-0.2, -0.15) is 0 Å². The Morgan fingerprint density at radius 3 is 2.84 bits per heavy atom. The number of nitrogens with zero attached hydrogens (tertiary/aromatic N) is 1. The van der Waals surface area contributed by atoms with Gasteiger partial charge in [0.15, 0.2) is 0 Å². The van der Waals surface area contributed by atoms with Crippen molar-refractivity contribution in [1.82, 2.24) is 10.3 Å². The second kappa shape index (κ2) is 6.53. The summed E-state index contributed by atoms with van der Waals surface area (Å²) in [5, 5.41) is 4.53. The van der Waals surface area contributed by atoms with E-state index in [1.54, 1.807) is 6.20 Å². The number of hydrogen-bond acceptors (Lipinski definition) is 3. The zero-order valence-corrected chi connectivity index (χ0v) is 11.9. The smallest absolute Gasteiger partial charge is 0.129 e. The Hall–Kier alpha value is -1.61. The summed E-state index contributed by atoms with van der Waals surface area (Å²) in [6, 6.07) is 10.5. The summed E-state index contributed by atoms with van der Waals surface area (Å²) in [6.07, 6.45) is 3.07. The lowest BCUT2D eigenvalue weighted by Gasteiger charge is -2.19. The zero-order chi connectivity index (χ0) is 13.7. The van der Waals surface area contributed by atoms with Gasteiger partial charge < -0.3 is 10.1 Å². The minimum Gasteiger partial charge on any atom is -0.489 e. The van der Waals surface area contributed by atoms with Crippen molar-refractivity contribution in [3.05, 3.63) is 36.5 Å². The molecule has 0 aliphatic heterocycles. The molecule has 0 amide bonds. The number of aromatic nitrogens is 1. The van der Waals surface area contributed by atoms with Crippen LogP contribution in [0.3, 0.4) is 0 Å². The van der Waals surface area contributed by atoms with Gasteiger partial charge in [-0.05, 0) is 44.5 Å². The molecule has 0 bridgehead atoms. The fourth-order valence-corrected chi connectivity index (χ4v) is 1.95. The average molecular weight is 258 g/mol. The van der Waals surface area contributed by atoms with Crippen LogP contribution >= 0.6 is 0 Å². The van der Waals surface area contributed by atoms with Crippen molar-refractivity contribution >= 4 is 10.9 Å². The highest BCUT2D eigenvalue weighted by Crippen LogP contribution is 2.24. The van der Waals surface area contributed by atoms with E-state index < -0.39 is 0 Å². The lowest BCUT2D eigenvalue weighted by molar-refractivity contribution is 0.214. The second-order valence-corrected chi connectivity index (χ2v) is 4.97. The summed E-state index contributed by atoms with van der Waals surface area (Å²) in [5.41, 5.74) is 0.974. The van der Waals surface area contributed by atoms with Gasteiger partial charge in [0.2, 0.25) is 0 Å². The minimum atomic E-state index is 0.139. The van der Waals surface area contributed by atoms with Gasteiger partial charge in [0.05, 0.1) is 5.52 Å². The van der Waals surface area contributed by atoms with Gasteiger partial charge in [0, 0.05) is 24.2 Å². The first-order valence-corrected chi connectivity index (χ1v) is 6.94. The molecule has 2 atom stereocenters. The highest BCUT2D eigenvalue weighted by atomic mass is 16.5. The van der Waals surface area contributed by atoms with Crippen LogP contribution in [0.5, 0.6) is 5.75 Å². The number of ether oxygens (including phenoxy) is 1. The summed E-state index contributed by atoms with van der Waals surface area (Å²) >= 11 is 0. The van der Waals surface area contributed by atoms with Crippen molar-refractivity contribution in [3.63, 3.8) is 0 Å². The van der Waals surface area contributed by atoms with Crippen molar-refractivity contribution in [1.29, 1.82) is 0 Å². The molecule has 1 N–H and O–H groups in total. The molecular weight excluding hydrogens is 236 g/mol. The van der Waals surface area contributed by atoms with E-state index in [4.69, 9.17) is 4.74 Å². The molecule has 3 nitrogen and oxygen atoms in total. The number of rotatable bonds is 6. The van der Waals surface area contributed by atoms with Gasteiger partial charge in [0.25, 0.3) is 0 Å². The lowest BCUT2D eigenvalue weighted by atomic mass is 10.2. The van der Waals surface area contributed by atoms with Gasteiger partial charge >= 0.3 is 0 Å². The minimum absolute atomic E-state index is 0.139. The molecule has 2 unspecified atom stereocenters. The molecule has 19 heavy (non-hydrogen) atoms. The standard InChI is InChI=1S/C16H22N2O/c1-4-12(2)18-11-13(3)19-16-9-5-8-15-14(16)7-6-10-17-15/h5-10,12-13,18H,4,11H2,1-3H3. The van der Waals surface area contributed by atoms with Crippen LogP contribution in [-0.2, 0) is 0 Å². The van der Waals surface area contributed by atoms with Crippen LogP contribution in [0.2, 0.25) is 0 Å². The van der Waals surface area contributed by atoms with E-state index in [-0.39, 0.29) is 6.10 Å². The maximum atomic E-state index is 6.02. The van der Waals surface area contributed by atoms with Crippen molar-refractivity contribution in [2.45, 2.75) is 39.3 Å². The molecule has 0 saturated carbocycles. The van der Waals surface area contributed by atoms with Crippen LogP contribution < -0.4 is 10.1 Å². The third-order valence-corrected chi connectivity index (χ3v) is 3.30. The Bertz CT molecular complexity index is 522. The first-order chi connectivity index (χ1) is 9.20. The monoisotopic (exact) mass is 258 g/mol. The van der Waals surface area contributed by atoms with E-state index in [0.717, 1.165) is 29.6 Å². The fourth-order valence-electron chi connectivity index (χ4n) is 1.95. The first-order valence-electron chi connectivity index (χ1n) is 6.94. The first kappa shape index (κ1) is 13.8. The quantitative estimate of drug-likeness (QED) is 0.862. The Balaban J connectivity index is 2.04. The van der Waals surface area contributed by atoms with E-state index in [9.17, 15) is 0 Å². The summed E-state index contributed by atoms with van der Waals surface area (Å²) < 4.78 is 6.02. The maximum Gasteiger partial charge on any atom is 0.129 e. The largest absolute Gasteiger partial charge is 0.489 e. The number of pyridine rings is 1. The fraction of sp³-hybridized carbons (Fsp3) is 0.438. The van der Waals surface area contributed by atoms with Crippen LogP contribution in [0.1, 0.15) is 27.2 Å². The number of benzene rings is 1. The van der Waals surface area contributed by atoms with Gasteiger partial charge in [0.1, 0.15) is 11.9 Å². The molecule has 0 spiro atoms. The molecule has 1 aromatic heterocycles. The molecular formula is C16H22N2O. The molecule has 0 aliphatic carbocycles. The topological polar surface area (TPSA) is 34.1 Å². The van der Waals surface area contributed by atoms with E-state index in [0.29, 0.717) is 6.04 Å². The average Bonchev–Trinajstić information content (AvgIpc) is 2.45. The van der Waals surface area contributed by atoms with E-state index in [1.165, 1.54) is 0 Å². The van der Waals surface area contributed by atoms with Crippen LogP contribution in [0, 0.1) is 0 Å². The van der Waals surface area contributed by atoms with E-state index in [2.05, 4.69) is 31.1 Å². The third-order valence-electron chi connectivity index (χ3n) is 3.30. The van der Waals surface area contributed by atoms with Gasteiger partial charge in [-0.1, -0.05) is 13.0 Å². The Morgan fingerprint density at radius 1 is 1.21 bits per heavy atom. The Morgan fingerprint density at radius 2 is 2.05 bits per heavy atom. The van der Waals surface area contributed by atoms with Crippen LogP contribution in [0.4, 0.5) is 0 Å². The predicted octanol–water partition coefficient (Wildman–Crippen LogP) is 3.39. The van der Waals surface area contributed by atoms with Crippen molar-refractivity contribution in [2.75, 3.05) is 6.54 Å². The number of nitrogens with one attached hydrogen (secondary N) is 1. The van der Waals surface area contributed by atoms with Crippen molar-refractivity contribution in [3.8, 4) is 5.75 Å². The van der Waals surface area contributed by atoms with E-state index in [1.807, 2.05) is 30.3 Å². The lowest BCUT2D eigenvalue weighted by Crippen LogP contribution is -2.34. The highest BCUT2D eigenvalue weighted by molar-refractivity contribution is 5.84. The Kier molecular flexibility index (Phi) is 4.74. The second-order valence-electron chi connectivity index (χ2n) is 4.97. The van der Waals surface area contributed by atoms with Crippen LogP contribution in [0.15, 0.2) is 36.5 Å². The molecule has 1 aromatic carbocycles. The molecule has 1 heterocycles. The molecule has 2 rings (SSSR count). The molecule has 2 aromatic rings. The SMILES string of the molecule is CCC(C)NCC(C)Oc1cccc2ncccc12. The molecule has 0 saturated heterocycles. The summed E-state index contributed by atoms with van der Waals surface area (Å²) in [6.45, 7) is 7.31. The maximum absolute atomic E-state index is 6.02. The molecule has 102 valence electrons. The third kappa shape index (κ3) is 3.67. The molecule has 0 aliphatic rings. The van der Waals surface area contributed by atoms with Crippen LogP contribution in [-0.4, -0.2) is 23.7 Å². The number of fused-ring (bicyclic) bond motifs is 1. The highest BCUT2D eigenvalue weighted by Gasteiger charge is 2.08. The summed E-state index contributed by atoms with van der Waals surface area (Å²) in [5.74, 6) is 0.907. The molecule has 0 radical (unpaired) electrons. The van der Waals surface area contributed by atoms with Gasteiger partial charge in [-0.25, -0.2) is 0 Å². The van der Waals surface area contributed by atoms with Crippen molar-refractivity contribution in [2.24, 2.45) is 0 Å². The zero-order valence-electron chi connectivity index (χ0n) is 11.9. The normalized spacial score (nSPS) is 14.3. The van der Waals surface area contributed by atoms with Crippen LogP contribution in [0.25, 0.3) is 10.9 Å². The summed E-state index contributed by atoms with van der Waals surface area (Å²) in [4.78, 5) is 4.34. The van der Waals surface area contributed by atoms with Gasteiger partial charge in [-0.15, -0.1) is 0 Å². The molecule has 0 fully saturated rings. The van der Waals surface area contributed by atoms with Gasteiger partial charge in [-0.3, -0.25) is 4.98 Å². The number of hydrogen-bond donors (Lipinski definition) is 1. The summed E-state index contributed by atoms with van der Waals surface area (Å²) in [7, 11) is 0. The predicted molar refractivity (Wildman–Crippen MR) is 79.6 cm³/mol. The van der Waals surface area contributed by atoms with E-state index >= 15 is 0 Å². The molecule has 3 heteroatoms. The van der Waals surface area contributed by atoms with Crippen molar-refractivity contribution < 1.29 is 4.74 Å². The Labute approximate surface area is 115 Å².